The molecule has 0 heterocycles. The maximum atomic E-state index is 7.46. The third-order valence-electron chi connectivity index (χ3n) is 3.22. The molecule has 0 aliphatic carbocycles. The molecule has 20 heavy (non-hydrogen) atoms. The van der Waals surface area contributed by atoms with Gasteiger partial charge in [-0.1, -0.05) is 38.7 Å². The highest BCUT2D eigenvalue weighted by atomic mass is 16.5. The van der Waals surface area contributed by atoms with E-state index in [1.54, 1.807) is 13.2 Å². The summed E-state index contributed by atoms with van der Waals surface area (Å²) in [5.41, 5.74) is 7.16. The molecule has 0 aromatic heterocycles. The fraction of sp³-hybridized carbons (Fsp3) is 0.562. The maximum Gasteiger partial charge on any atom is 0.130 e. The summed E-state index contributed by atoms with van der Waals surface area (Å²) >= 11 is 0. The van der Waals surface area contributed by atoms with Gasteiger partial charge in [0.25, 0.3) is 0 Å². The number of unbranched alkanes of at least 4 members (excludes halogenated alkanes) is 4. The molecule has 0 spiro atoms. The van der Waals surface area contributed by atoms with Crippen LogP contribution in [-0.4, -0.2) is 19.6 Å². The predicted molar refractivity (Wildman–Crippen MR) is 82.4 cm³/mol. The molecule has 0 unspecified atom stereocenters. The number of benzene rings is 1. The van der Waals surface area contributed by atoms with Crippen molar-refractivity contribution in [2.24, 2.45) is 5.73 Å². The second-order valence-electron chi connectivity index (χ2n) is 4.92. The Balaban J connectivity index is 2.35. The lowest BCUT2D eigenvalue weighted by Crippen LogP contribution is -2.12. The summed E-state index contributed by atoms with van der Waals surface area (Å²) in [5.74, 6) is 0.645. The molecule has 0 radical (unpaired) electrons. The minimum Gasteiger partial charge on any atom is -0.496 e. The molecular weight excluding hydrogens is 252 g/mol. The van der Waals surface area contributed by atoms with Crippen LogP contribution in [0.15, 0.2) is 18.2 Å². The van der Waals surface area contributed by atoms with Gasteiger partial charge in [-0.3, -0.25) is 5.41 Å². The molecule has 4 nitrogen and oxygen atoms in total. The first-order valence-corrected chi connectivity index (χ1v) is 7.28. The highest BCUT2D eigenvalue weighted by Gasteiger charge is 2.06. The highest BCUT2D eigenvalue weighted by molar-refractivity contribution is 5.97. The highest BCUT2D eigenvalue weighted by Crippen LogP contribution is 2.20. The van der Waals surface area contributed by atoms with Gasteiger partial charge in [0.05, 0.1) is 19.3 Å². The third kappa shape index (κ3) is 5.61. The van der Waals surface area contributed by atoms with Crippen molar-refractivity contribution < 1.29 is 9.47 Å². The minimum atomic E-state index is 0.0187. The van der Waals surface area contributed by atoms with E-state index >= 15 is 0 Å². The number of rotatable bonds is 10. The standard InChI is InChI=1S/C16H26N2O2/c1-3-4-5-6-7-10-20-12-13-8-9-14(16(17)18)15(11-13)19-2/h8-9,11H,3-7,10,12H2,1-2H3,(H3,17,18). The number of nitrogen functional groups attached to an aromatic ring is 1. The largest absolute Gasteiger partial charge is 0.496 e. The van der Waals surface area contributed by atoms with Crippen molar-refractivity contribution in [3.8, 4) is 5.75 Å². The zero-order valence-electron chi connectivity index (χ0n) is 12.6. The molecule has 1 rings (SSSR count). The van der Waals surface area contributed by atoms with E-state index in [0.29, 0.717) is 17.9 Å². The second-order valence-corrected chi connectivity index (χ2v) is 4.92. The van der Waals surface area contributed by atoms with Gasteiger partial charge in [0.2, 0.25) is 0 Å². The first-order chi connectivity index (χ1) is 9.69. The molecule has 0 fully saturated rings. The number of methoxy groups -OCH3 is 1. The maximum absolute atomic E-state index is 7.46. The molecule has 0 amide bonds. The zero-order valence-corrected chi connectivity index (χ0v) is 12.6. The second kappa shape index (κ2) is 9.37. The van der Waals surface area contributed by atoms with Crippen LogP contribution in [0.2, 0.25) is 0 Å². The van der Waals surface area contributed by atoms with Gasteiger partial charge in [0, 0.05) is 6.61 Å². The molecule has 1 aromatic rings. The van der Waals surface area contributed by atoms with Gasteiger partial charge < -0.3 is 15.2 Å². The Morgan fingerprint density at radius 2 is 1.95 bits per heavy atom. The van der Waals surface area contributed by atoms with E-state index in [9.17, 15) is 0 Å². The van der Waals surface area contributed by atoms with Gasteiger partial charge in [0.1, 0.15) is 11.6 Å². The van der Waals surface area contributed by atoms with Crippen LogP contribution in [0.25, 0.3) is 0 Å². The van der Waals surface area contributed by atoms with Crippen LogP contribution in [0, 0.1) is 5.41 Å². The molecule has 3 N–H and O–H groups in total. The molecule has 0 saturated carbocycles. The Bertz CT molecular complexity index is 419. The van der Waals surface area contributed by atoms with Crippen molar-refractivity contribution in [3.63, 3.8) is 0 Å². The number of hydrogen-bond donors (Lipinski definition) is 2. The molecule has 112 valence electrons. The fourth-order valence-electron chi connectivity index (χ4n) is 2.05. The van der Waals surface area contributed by atoms with Crippen molar-refractivity contribution in [1.29, 1.82) is 5.41 Å². The van der Waals surface area contributed by atoms with Crippen molar-refractivity contribution in [2.45, 2.75) is 45.6 Å². The quantitative estimate of drug-likeness (QED) is 0.391. The Kier molecular flexibility index (Phi) is 7.73. The summed E-state index contributed by atoms with van der Waals surface area (Å²) in [7, 11) is 1.58. The summed E-state index contributed by atoms with van der Waals surface area (Å²) in [6, 6.07) is 5.62. The first-order valence-electron chi connectivity index (χ1n) is 7.28. The Morgan fingerprint density at radius 1 is 1.20 bits per heavy atom. The molecule has 0 saturated heterocycles. The number of hydrogen-bond acceptors (Lipinski definition) is 3. The van der Waals surface area contributed by atoms with Crippen molar-refractivity contribution in [2.75, 3.05) is 13.7 Å². The minimum absolute atomic E-state index is 0.0187. The fourth-order valence-corrected chi connectivity index (χ4v) is 2.05. The predicted octanol–water partition coefficient (Wildman–Crippen LogP) is 3.47. The summed E-state index contributed by atoms with van der Waals surface area (Å²) in [6.45, 7) is 3.58. The lowest BCUT2D eigenvalue weighted by molar-refractivity contribution is 0.116. The van der Waals surface area contributed by atoms with Crippen LogP contribution in [0.1, 0.15) is 50.2 Å². The summed E-state index contributed by atoms with van der Waals surface area (Å²) in [6.07, 6.45) is 6.22. The monoisotopic (exact) mass is 278 g/mol. The number of ether oxygens (including phenoxy) is 2. The molecule has 0 atom stereocenters. The number of amidine groups is 1. The van der Waals surface area contributed by atoms with Crippen LogP contribution in [-0.2, 0) is 11.3 Å². The molecule has 0 bridgehead atoms. The van der Waals surface area contributed by atoms with E-state index in [2.05, 4.69) is 6.92 Å². The van der Waals surface area contributed by atoms with E-state index in [0.717, 1.165) is 18.6 Å². The van der Waals surface area contributed by atoms with Crippen molar-refractivity contribution >= 4 is 5.84 Å². The van der Waals surface area contributed by atoms with Crippen molar-refractivity contribution in [1.82, 2.24) is 0 Å². The number of nitrogens with one attached hydrogen (secondary N) is 1. The van der Waals surface area contributed by atoms with Crippen LogP contribution in [0.3, 0.4) is 0 Å². The molecule has 0 aliphatic rings. The van der Waals surface area contributed by atoms with Crippen LogP contribution in [0.5, 0.6) is 5.75 Å². The average Bonchev–Trinajstić information content (AvgIpc) is 2.45. The lowest BCUT2D eigenvalue weighted by atomic mass is 10.1. The number of nitrogens with two attached hydrogens (primary N) is 1. The molecule has 4 heteroatoms. The Labute approximate surface area is 121 Å². The van der Waals surface area contributed by atoms with Crippen LogP contribution < -0.4 is 10.5 Å². The molecule has 1 aromatic carbocycles. The molecular formula is C16H26N2O2. The third-order valence-corrected chi connectivity index (χ3v) is 3.22. The van der Waals surface area contributed by atoms with Crippen LogP contribution >= 0.6 is 0 Å². The van der Waals surface area contributed by atoms with E-state index < -0.39 is 0 Å². The van der Waals surface area contributed by atoms with Gasteiger partial charge in [-0.05, 0) is 24.1 Å². The van der Waals surface area contributed by atoms with Gasteiger partial charge in [-0.25, -0.2) is 0 Å². The molecule has 0 aliphatic heterocycles. The van der Waals surface area contributed by atoms with Crippen molar-refractivity contribution in [3.05, 3.63) is 29.3 Å². The van der Waals surface area contributed by atoms with Crippen LogP contribution in [0.4, 0.5) is 0 Å². The lowest BCUT2D eigenvalue weighted by Gasteiger charge is -2.10. The van der Waals surface area contributed by atoms with E-state index in [1.807, 2.05) is 12.1 Å². The van der Waals surface area contributed by atoms with E-state index in [4.69, 9.17) is 20.6 Å². The zero-order chi connectivity index (χ0) is 14.8. The van der Waals surface area contributed by atoms with Gasteiger partial charge >= 0.3 is 0 Å². The summed E-state index contributed by atoms with van der Waals surface area (Å²) in [5, 5.41) is 7.46. The first kappa shape index (κ1) is 16.5. The smallest absolute Gasteiger partial charge is 0.130 e. The topological polar surface area (TPSA) is 68.3 Å². The van der Waals surface area contributed by atoms with E-state index in [-0.39, 0.29) is 5.84 Å². The normalized spacial score (nSPS) is 10.5. The summed E-state index contributed by atoms with van der Waals surface area (Å²) < 4.78 is 10.9. The Hall–Kier alpha value is -1.55. The Morgan fingerprint density at radius 3 is 2.60 bits per heavy atom. The van der Waals surface area contributed by atoms with Gasteiger partial charge in [0.15, 0.2) is 0 Å². The average molecular weight is 278 g/mol. The van der Waals surface area contributed by atoms with Gasteiger partial charge in [-0.15, -0.1) is 0 Å². The summed E-state index contributed by atoms with van der Waals surface area (Å²) in [4.78, 5) is 0. The SMILES string of the molecule is CCCCCCCOCc1ccc(C(=N)N)c(OC)c1. The van der Waals surface area contributed by atoms with E-state index in [1.165, 1.54) is 25.7 Å². The van der Waals surface area contributed by atoms with Gasteiger partial charge in [-0.2, -0.15) is 0 Å².